The summed E-state index contributed by atoms with van der Waals surface area (Å²) in [6.45, 7) is 0. The number of para-hydroxylation sites is 1. The monoisotopic (exact) mass is 481 g/mol. The van der Waals surface area contributed by atoms with Crippen LogP contribution in [0.5, 0.6) is 0 Å². The van der Waals surface area contributed by atoms with Crippen molar-refractivity contribution in [3.05, 3.63) is 107 Å². The second-order valence-corrected chi connectivity index (χ2v) is 8.49. The normalized spacial score (nSPS) is 14.4. The Labute approximate surface area is 206 Å². The first-order valence-electron chi connectivity index (χ1n) is 11.4. The van der Waals surface area contributed by atoms with E-state index in [0.29, 0.717) is 5.56 Å². The molecule has 0 spiro atoms. The molecule has 8 heteroatoms. The zero-order valence-corrected chi connectivity index (χ0v) is 19.4. The second kappa shape index (κ2) is 9.50. The summed E-state index contributed by atoms with van der Waals surface area (Å²) < 4.78 is 4.99. The summed E-state index contributed by atoms with van der Waals surface area (Å²) >= 11 is 0. The van der Waals surface area contributed by atoms with Gasteiger partial charge in [-0.15, -0.1) is 0 Å². The molecule has 36 heavy (non-hydrogen) atoms. The summed E-state index contributed by atoms with van der Waals surface area (Å²) in [5, 5.41) is 3.49. The van der Waals surface area contributed by atoms with Gasteiger partial charge in [0.25, 0.3) is 11.8 Å². The molecule has 2 heterocycles. The van der Waals surface area contributed by atoms with Crippen molar-refractivity contribution in [3.63, 3.8) is 0 Å². The zero-order valence-electron chi connectivity index (χ0n) is 19.4. The molecule has 0 saturated heterocycles. The first-order chi connectivity index (χ1) is 17.5. The van der Waals surface area contributed by atoms with E-state index in [2.05, 4.69) is 10.3 Å². The molecule has 0 radical (unpaired) electrons. The molecule has 5 rings (SSSR count). The molecule has 4 aromatic rings. The number of ether oxygens (including phenoxy) is 1. The van der Waals surface area contributed by atoms with Gasteiger partial charge in [0.15, 0.2) is 6.04 Å². The van der Waals surface area contributed by atoms with Crippen molar-refractivity contribution in [1.82, 2.24) is 15.2 Å². The third-order valence-electron chi connectivity index (χ3n) is 6.37. The van der Waals surface area contributed by atoms with E-state index in [-0.39, 0.29) is 17.5 Å². The summed E-state index contributed by atoms with van der Waals surface area (Å²) in [6.07, 6.45) is 1.72. The van der Waals surface area contributed by atoms with Gasteiger partial charge in [-0.25, -0.2) is 4.79 Å². The Hall–Kier alpha value is -4.72. The Morgan fingerprint density at radius 2 is 1.50 bits per heavy atom. The third kappa shape index (κ3) is 4.02. The van der Waals surface area contributed by atoms with Crippen LogP contribution < -0.4 is 5.32 Å². The van der Waals surface area contributed by atoms with Gasteiger partial charge in [0.2, 0.25) is 5.91 Å². The summed E-state index contributed by atoms with van der Waals surface area (Å²) in [4.78, 5) is 57.1. The molecule has 0 fully saturated rings. The number of aromatic nitrogens is 1. The molecular formula is C28H23N3O5. The molecule has 1 aliphatic rings. The minimum atomic E-state index is -1.18. The topological polar surface area (TPSA) is 109 Å². The van der Waals surface area contributed by atoms with E-state index in [4.69, 9.17) is 4.74 Å². The van der Waals surface area contributed by atoms with E-state index < -0.39 is 35.8 Å². The molecule has 3 aromatic carbocycles. The lowest BCUT2D eigenvalue weighted by Crippen LogP contribution is -2.52. The van der Waals surface area contributed by atoms with Gasteiger partial charge >= 0.3 is 5.97 Å². The second-order valence-electron chi connectivity index (χ2n) is 8.49. The fourth-order valence-corrected chi connectivity index (χ4v) is 4.58. The number of carbonyl (C=O) groups is 4. The van der Waals surface area contributed by atoms with Gasteiger partial charge in [0, 0.05) is 29.1 Å². The van der Waals surface area contributed by atoms with Crippen LogP contribution in [0.15, 0.2) is 85.1 Å². The van der Waals surface area contributed by atoms with E-state index >= 15 is 0 Å². The Morgan fingerprint density at radius 1 is 0.889 bits per heavy atom. The summed E-state index contributed by atoms with van der Waals surface area (Å²) in [5.41, 5.74) is 2.56. The maximum absolute atomic E-state index is 13.8. The van der Waals surface area contributed by atoms with Crippen LogP contribution in [0.2, 0.25) is 0 Å². The van der Waals surface area contributed by atoms with Crippen LogP contribution in [0, 0.1) is 0 Å². The molecule has 1 aromatic heterocycles. The van der Waals surface area contributed by atoms with Gasteiger partial charge in [-0.05, 0) is 23.8 Å². The first kappa shape index (κ1) is 23.0. The number of amides is 3. The largest absolute Gasteiger partial charge is 0.467 e. The van der Waals surface area contributed by atoms with Crippen LogP contribution in [-0.2, 0) is 20.7 Å². The molecule has 2 atom stereocenters. The highest BCUT2D eigenvalue weighted by Crippen LogP contribution is 2.28. The van der Waals surface area contributed by atoms with Crippen LogP contribution in [0.1, 0.15) is 37.9 Å². The van der Waals surface area contributed by atoms with Gasteiger partial charge in [-0.2, -0.15) is 0 Å². The molecule has 0 saturated carbocycles. The summed E-state index contributed by atoms with van der Waals surface area (Å²) in [5.74, 6) is -2.41. The molecule has 1 aliphatic heterocycles. The molecule has 0 aliphatic carbocycles. The van der Waals surface area contributed by atoms with Gasteiger partial charge < -0.3 is 15.0 Å². The van der Waals surface area contributed by atoms with Crippen LogP contribution in [0.3, 0.4) is 0 Å². The number of hydrogen-bond donors (Lipinski definition) is 2. The van der Waals surface area contributed by atoms with Crippen molar-refractivity contribution < 1.29 is 23.9 Å². The van der Waals surface area contributed by atoms with Gasteiger partial charge in [-0.3, -0.25) is 19.3 Å². The SMILES string of the molecule is COC(=O)[C@@H](NC(=O)[C@H](Cc1ccccc1)N1C(=O)c2ccccc2C1=O)c1c[nH]c2ccccc12. The number of esters is 1. The van der Waals surface area contributed by atoms with Crippen LogP contribution >= 0.6 is 0 Å². The quantitative estimate of drug-likeness (QED) is 0.311. The predicted molar refractivity (Wildman–Crippen MR) is 132 cm³/mol. The van der Waals surface area contributed by atoms with E-state index in [1.807, 2.05) is 54.6 Å². The highest BCUT2D eigenvalue weighted by atomic mass is 16.5. The van der Waals surface area contributed by atoms with Crippen LogP contribution in [-0.4, -0.2) is 46.7 Å². The van der Waals surface area contributed by atoms with Crippen LogP contribution in [0.4, 0.5) is 0 Å². The van der Waals surface area contributed by atoms with Crippen LogP contribution in [0.25, 0.3) is 10.9 Å². The molecule has 8 nitrogen and oxygen atoms in total. The van der Waals surface area contributed by atoms with Gasteiger partial charge in [0.05, 0.1) is 18.2 Å². The Bertz CT molecular complexity index is 1440. The minimum Gasteiger partial charge on any atom is -0.467 e. The lowest BCUT2D eigenvalue weighted by atomic mass is 10.0. The van der Waals surface area contributed by atoms with E-state index in [9.17, 15) is 19.2 Å². The number of imide groups is 1. The van der Waals surface area contributed by atoms with Crippen molar-refractivity contribution >= 4 is 34.6 Å². The Balaban J connectivity index is 1.52. The molecule has 2 N–H and O–H groups in total. The third-order valence-corrected chi connectivity index (χ3v) is 6.37. The number of benzene rings is 3. The molecule has 180 valence electrons. The highest BCUT2D eigenvalue weighted by molar-refractivity contribution is 6.23. The lowest BCUT2D eigenvalue weighted by molar-refractivity contribution is -0.145. The number of nitrogens with zero attached hydrogens (tertiary/aromatic N) is 1. The zero-order chi connectivity index (χ0) is 25.2. The molecule has 0 bridgehead atoms. The smallest absolute Gasteiger partial charge is 0.333 e. The lowest BCUT2D eigenvalue weighted by Gasteiger charge is -2.27. The van der Waals surface area contributed by atoms with Crippen molar-refractivity contribution in [2.24, 2.45) is 0 Å². The average Bonchev–Trinajstić information content (AvgIpc) is 3.45. The Kier molecular flexibility index (Phi) is 6.08. The number of nitrogens with one attached hydrogen (secondary N) is 2. The van der Waals surface area contributed by atoms with E-state index in [0.717, 1.165) is 21.4 Å². The maximum atomic E-state index is 13.8. The fraction of sp³-hybridized carbons (Fsp3) is 0.143. The maximum Gasteiger partial charge on any atom is 0.333 e. The van der Waals surface area contributed by atoms with E-state index in [1.165, 1.54) is 7.11 Å². The number of aromatic amines is 1. The molecule has 3 amide bonds. The average molecular weight is 482 g/mol. The van der Waals surface area contributed by atoms with Gasteiger partial charge in [-0.1, -0.05) is 60.7 Å². The summed E-state index contributed by atoms with van der Waals surface area (Å²) in [7, 11) is 1.24. The van der Waals surface area contributed by atoms with Crippen molar-refractivity contribution in [1.29, 1.82) is 0 Å². The van der Waals surface area contributed by atoms with Crippen molar-refractivity contribution in [2.75, 3.05) is 7.11 Å². The Morgan fingerprint density at radius 3 is 2.17 bits per heavy atom. The molecular weight excluding hydrogens is 458 g/mol. The highest BCUT2D eigenvalue weighted by Gasteiger charge is 2.43. The molecule has 0 unspecified atom stereocenters. The number of rotatable bonds is 7. The fourth-order valence-electron chi connectivity index (χ4n) is 4.58. The standard InChI is InChI=1S/C28H23N3O5/c1-36-28(35)24(21-16-29-22-14-8-7-11-18(21)22)30-25(32)23(15-17-9-3-2-4-10-17)31-26(33)19-12-5-6-13-20(19)27(31)34/h2-14,16,23-24,29H,15H2,1H3,(H,30,32)/t23-,24-/m0/s1. The summed E-state index contributed by atoms with van der Waals surface area (Å²) in [6, 6.07) is 20.6. The number of carbonyl (C=O) groups excluding carboxylic acids is 4. The van der Waals surface area contributed by atoms with Gasteiger partial charge in [0.1, 0.15) is 6.04 Å². The number of methoxy groups -OCH3 is 1. The minimum absolute atomic E-state index is 0.0833. The number of H-pyrrole nitrogens is 1. The van der Waals surface area contributed by atoms with Crippen molar-refractivity contribution in [3.8, 4) is 0 Å². The first-order valence-corrected chi connectivity index (χ1v) is 11.4. The number of hydrogen-bond acceptors (Lipinski definition) is 5. The predicted octanol–water partition coefficient (Wildman–Crippen LogP) is 3.41. The number of fused-ring (bicyclic) bond motifs is 2. The van der Waals surface area contributed by atoms with E-state index in [1.54, 1.807) is 30.5 Å². The van der Waals surface area contributed by atoms with Crippen molar-refractivity contribution in [2.45, 2.75) is 18.5 Å².